The smallest absolute Gasteiger partial charge is 0.325 e. The summed E-state index contributed by atoms with van der Waals surface area (Å²) in [5, 5.41) is 3.13. The molecule has 2 aromatic carbocycles. The lowest BCUT2D eigenvalue weighted by Crippen LogP contribution is -2.30. The van der Waals surface area contributed by atoms with E-state index < -0.39 is 11.9 Å². The molecule has 2 aromatic rings. The lowest BCUT2D eigenvalue weighted by molar-refractivity contribution is -0.143. The summed E-state index contributed by atoms with van der Waals surface area (Å²) in [6, 6.07) is 12.1. The van der Waals surface area contributed by atoms with Crippen LogP contribution in [0.4, 0.5) is 0 Å². The van der Waals surface area contributed by atoms with Crippen LogP contribution < -0.4 is 5.32 Å². The van der Waals surface area contributed by atoms with Crippen LogP contribution in [0.3, 0.4) is 0 Å². The molecule has 0 saturated heterocycles. The predicted molar refractivity (Wildman–Crippen MR) is 89.8 cm³/mol. The number of amides is 1. The molecule has 120 valence electrons. The Kier molecular flexibility index (Phi) is 6.02. The number of carbonyl (C=O) groups is 2. The first-order valence-electron chi connectivity index (χ1n) is 6.91. The van der Waals surface area contributed by atoms with Gasteiger partial charge in [-0.3, -0.25) is 9.59 Å². The quantitative estimate of drug-likeness (QED) is 0.834. The van der Waals surface area contributed by atoms with E-state index in [1.54, 1.807) is 6.07 Å². The molecule has 0 unspecified atom stereocenters. The third-order valence-electron chi connectivity index (χ3n) is 3.22. The number of rotatable bonds is 5. The second kappa shape index (κ2) is 7.99. The zero-order valence-corrected chi connectivity index (χ0v) is 13.9. The Balaban J connectivity index is 1.84. The highest BCUT2D eigenvalue weighted by molar-refractivity contribution is 6.36. The Morgan fingerprint density at radius 2 is 1.87 bits per heavy atom. The van der Waals surface area contributed by atoms with Crippen molar-refractivity contribution in [2.45, 2.75) is 13.5 Å². The molecule has 6 heteroatoms. The van der Waals surface area contributed by atoms with E-state index in [9.17, 15) is 9.59 Å². The number of halogens is 2. The van der Waals surface area contributed by atoms with Crippen LogP contribution in [0, 0.1) is 6.92 Å². The van der Waals surface area contributed by atoms with Gasteiger partial charge in [0.15, 0.2) is 0 Å². The summed E-state index contributed by atoms with van der Waals surface area (Å²) in [6.45, 7) is 1.88. The van der Waals surface area contributed by atoms with Gasteiger partial charge >= 0.3 is 5.97 Å². The van der Waals surface area contributed by atoms with E-state index >= 15 is 0 Å². The summed E-state index contributed by atoms with van der Waals surface area (Å²) in [7, 11) is 0. The summed E-state index contributed by atoms with van der Waals surface area (Å²) in [5.41, 5.74) is 2.22. The van der Waals surface area contributed by atoms with E-state index in [1.807, 2.05) is 31.2 Å². The van der Waals surface area contributed by atoms with Gasteiger partial charge in [-0.2, -0.15) is 0 Å². The standard InChI is InChI=1S/C17H15Cl2NO3/c1-11-4-2-3-5-12(11)10-23-16(21)9-20-17(22)14-7-6-13(18)8-15(14)19/h2-8H,9-10H2,1H3,(H,20,22). The van der Waals surface area contributed by atoms with E-state index in [0.717, 1.165) is 11.1 Å². The predicted octanol–water partition coefficient (Wildman–Crippen LogP) is 3.78. The van der Waals surface area contributed by atoms with Gasteiger partial charge in [0.1, 0.15) is 13.2 Å². The van der Waals surface area contributed by atoms with Crippen LogP contribution in [0.2, 0.25) is 10.0 Å². The maximum Gasteiger partial charge on any atom is 0.325 e. The van der Waals surface area contributed by atoms with Crippen LogP contribution in [0.25, 0.3) is 0 Å². The zero-order valence-electron chi connectivity index (χ0n) is 12.4. The molecule has 2 rings (SSSR count). The number of ether oxygens (including phenoxy) is 1. The Bertz CT molecular complexity index is 732. The van der Waals surface area contributed by atoms with Crippen molar-refractivity contribution in [1.82, 2.24) is 5.32 Å². The van der Waals surface area contributed by atoms with E-state index in [0.29, 0.717) is 5.02 Å². The van der Waals surface area contributed by atoms with Gasteiger partial charge in [-0.25, -0.2) is 0 Å². The van der Waals surface area contributed by atoms with Crippen molar-refractivity contribution in [2.75, 3.05) is 6.54 Å². The van der Waals surface area contributed by atoms with E-state index in [1.165, 1.54) is 12.1 Å². The summed E-state index contributed by atoms with van der Waals surface area (Å²) in [4.78, 5) is 23.7. The van der Waals surface area contributed by atoms with Crippen molar-refractivity contribution in [3.63, 3.8) is 0 Å². The SMILES string of the molecule is Cc1ccccc1COC(=O)CNC(=O)c1ccc(Cl)cc1Cl. The number of carbonyl (C=O) groups excluding carboxylic acids is 2. The Morgan fingerprint density at radius 1 is 1.13 bits per heavy atom. The first kappa shape index (κ1) is 17.3. The summed E-state index contributed by atoms with van der Waals surface area (Å²) in [6.07, 6.45) is 0. The average molecular weight is 352 g/mol. The van der Waals surface area contributed by atoms with E-state index in [2.05, 4.69) is 5.32 Å². The van der Waals surface area contributed by atoms with Gasteiger partial charge in [0, 0.05) is 5.02 Å². The van der Waals surface area contributed by atoms with Gasteiger partial charge in [0.05, 0.1) is 10.6 Å². The van der Waals surface area contributed by atoms with Gasteiger partial charge in [-0.1, -0.05) is 47.5 Å². The average Bonchev–Trinajstić information content (AvgIpc) is 2.52. The van der Waals surface area contributed by atoms with Crippen molar-refractivity contribution in [1.29, 1.82) is 0 Å². The fraction of sp³-hybridized carbons (Fsp3) is 0.176. The minimum atomic E-state index is -0.522. The molecule has 4 nitrogen and oxygen atoms in total. The molecule has 23 heavy (non-hydrogen) atoms. The summed E-state index contributed by atoms with van der Waals surface area (Å²) in [5.74, 6) is -0.980. The van der Waals surface area contributed by atoms with Gasteiger partial charge in [-0.15, -0.1) is 0 Å². The Hall–Kier alpha value is -2.04. The Labute approximate surface area is 144 Å². The number of esters is 1. The zero-order chi connectivity index (χ0) is 16.8. The number of nitrogens with one attached hydrogen (secondary N) is 1. The molecule has 0 spiro atoms. The topological polar surface area (TPSA) is 55.4 Å². The van der Waals surface area contributed by atoms with Crippen LogP contribution in [0.15, 0.2) is 42.5 Å². The van der Waals surface area contributed by atoms with Crippen LogP contribution in [-0.2, 0) is 16.1 Å². The second-order valence-corrected chi connectivity index (χ2v) is 5.74. The number of hydrogen-bond donors (Lipinski definition) is 1. The van der Waals surface area contributed by atoms with E-state index in [4.69, 9.17) is 27.9 Å². The molecule has 0 aliphatic carbocycles. The van der Waals surface area contributed by atoms with Crippen molar-refractivity contribution in [3.8, 4) is 0 Å². The largest absolute Gasteiger partial charge is 0.459 e. The number of benzene rings is 2. The molecule has 0 fully saturated rings. The first-order chi connectivity index (χ1) is 11.0. The molecular formula is C17H15Cl2NO3. The molecule has 0 atom stereocenters. The number of hydrogen-bond acceptors (Lipinski definition) is 3. The lowest BCUT2D eigenvalue weighted by Gasteiger charge is -2.09. The maximum absolute atomic E-state index is 12.0. The highest BCUT2D eigenvalue weighted by atomic mass is 35.5. The minimum Gasteiger partial charge on any atom is -0.459 e. The maximum atomic E-state index is 12.0. The van der Waals surface area contributed by atoms with Crippen molar-refractivity contribution < 1.29 is 14.3 Å². The monoisotopic (exact) mass is 351 g/mol. The number of aryl methyl sites for hydroxylation is 1. The van der Waals surface area contributed by atoms with Gasteiger partial charge in [0.25, 0.3) is 5.91 Å². The lowest BCUT2D eigenvalue weighted by atomic mass is 10.1. The van der Waals surface area contributed by atoms with Gasteiger partial charge in [0.2, 0.25) is 0 Å². The normalized spacial score (nSPS) is 10.2. The molecule has 0 aromatic heterocycles. The minimum absolute atomic E-state index is 0.170. The summed E-state index contributed by atoms with van der Waals surface area (Å²) < 4.78 is 5.14. The van der Waals surface area contributed by atoms with Crippen LogP contribution in [0.1, 0.15) is 21.5 Å². The highest BCUT2D eigenvalue weighted by Gasteiger charge is 2.12. The molecule has 0 bridgehead atoms. The molecule has 1 amide bonds. The molecule has 0 heterocycles. The van der Waals surface area contributed by atoms with Crippen molar-refractivity contribution >= 4 is 35.1 Å². The van der Waals surface area contributed by atoms with Crippen LogP contribution in [0.5, 0.6) is 0 Å². The first-order valence-corrected chi connectivity index (χ1v) is 7.66. The van der Waals surface area contributed by atoms with Crippen molar-refractivity contribution in [3.05, 3.63) is 69.2 Å². The second-order valence-electron chi connectivity index (χ2n) is 4.89. The third-order valence-corrected chi connectivity index (χ3v) is 3.77. The molecular weight excluding hydrogens is 337 g/mol. The molecule has 0 aliphatic rings. The molecule has 1 N–H and O–H groups in total. The van der Waals surface area contributed by atoms with Gasteiger partial charge in [-0.05, 0) is 36.2 Å². The van der Waals surface area contributed by atoms with E-state index in [-0.39, 0.29) is 23.7 Å². The molecule has 0 saturated carbocycles. The third kappa shape index (κ3) is 4.98. The van der Waals surface area contributed by atoms with Gasteiger partial charge < -0.3 is 10.1 Å². The van der Waals surface area contributed by atoms with Crippen LogP contribution in [-0.4, -0.2) is 18.4 Å². The van der Waals surface area contributed by atoms with Crippen LogP contribution >= 0.6 is 23.2 Å². The van der Waals surface area contributed by atoms with Crippen molar-refractivity contribution in [2.24, 2.45) is 0 Å². The fourth-order valence-electron chi connectivity index (χ4n) is 1.90. The molecule has 0 aliphatic heterocycles. The Morgan fingerprint density at radius 3 is 2.57 bits per heavy atom. The highest BCUT2D eigenvalue weighted by Crippen LogP contribution is 2.20. The molecule has 0 radical (unpaired) electrons. The fourth-order valence-corrected chi connectivity index (χ4v) is 2.40. The summed E-state index contributed by atoms with van der Waals surface area (Å²) >= 11 is 11.7.